The Kier molecular flexibility index (Phi) is 4.90. The number of hydrogen-bond donors (Lipinski definition) is 0. The molecule has 2 rings (SSSR count). The minimum atomic E-state index is -0.159. The van der Waals surface area contributed by atoms with Gasteiger partial charge in [-0.3, -0.25) is 4.79 Å². The maximum absolute atomic E-state index is 12.0. The Balaban J connectivity index is 1.91. The van der Waals surface area contributed by atoms with E-state index in [1.165, 1.54) is 0 Å². The maximum Gasteiger partial charge on any atom is 0.260 e. The highest BCUT2D eigenvalue weighted by Gasteiger charge is 2.12. The molecule has 1 aromatic heterocycles. The van der Waals surface area contributed by atoms with Crippen molar-refractivity contribution in [1.29, 1.82) is 5.26 Å². The molecule has 2 aromatic rings. The van der Waals surface area contributed by atoms with Crippen LogP contribution in [0, 0.1) is 18.3 Å². The first kappa shape index (κ1) is 15.0. The van der Waals surface area contributed by atoms with Crippen molar-refractivity contribution in [1.82, 2.24) is 9.88 Å². The minimum Gasteiger partial charge on any atom is -0.482 e. The number of aryl methyl sites for hydroxylation is 1. The van der Waals surface area contributed by atoms with Crippen LogP contribution in [0.15, 0.2) is 29.6 Å². The molecular weight excluding hydrogens is 286 g/mol. The number of rotatable bonds is 5. The zero-order valence-electron chi connectivity index (χ0n) is 11.9. The van der Waals surface area contributed by atoms with Crippen molar-refractivity contribution in [3.63, 3.8) is 0 Å². The van der Waals surface area contributed by atoms with E-state index < -0.39 is 0 Å². The van der Waals surface area contributed by atoms with E-state index in [1.807, 2.05) is 18.4 Å². The molecule has 1 aromatic carbocycles. The molecule has 0 saturated carbocycles. The van der Waals surface area contributed by atoms with Crippen LogP contribution in [0.2, 0.25) is 0 Å². The van der Waals surface area contributed by atoms with Gasteiger partial charge in [0.1, 0.15) is 11.8 Å². The summed E-state index contributed by atoms with van der Waals surface area (Å²) in [6, 6.07) is 8.88. The average molecular weight is 301 g/mol. The van der Waals surface area contributed by atoms with Gasteiger partial charge in [-0.05, 0) is 19.1 Å². The van der Waals surface area contributed by atoms with Crippen LogP contribution in [0.4, 0.5) is 0 Å². The second-order valence-corrected chi connectivity index (χ2v) is 5.57. The number of benzene rings is 1. The molecule has 0 unspecified atom stereocenters. The third kappa shape index (κ3) is 4.04. The van der Waals surface area contributed by atoms with Gasteiger partial charge >= 0.3 is 0 Å². The molecule has 0 spiro atoms. The standard InChI is InChI=1S/C15H15N3O2S/c1-11-17-13(10-21-11)8-18(2)15(19)9-20-14-6-4-3-5-12(14)7-16/h3-6,10H,8-9H2,1-2H3. The molecule has 1 amide bonds. The lowest BCUT2D eigenvalue weighted by molar-refractivity contribution is -0.132. The third-order valence-electron chi connectivity index (χ3n) is 2.85. The Morgan fingerprint density at radius 1 is 1.48 bits per heavy atom. The Hall–Kier alpha value is -2.39. The van der Waals surface area contributed by atoms with Crippen LogP contribution in [-0.4, -0.2) is 29.4 Å². The van der Waals surface area contributed by atoms with Gasteiger partial charge in [0, 0.05) is 12.4 Å². The van der Waals surface area contributed by atoms with Crippen LogP contribution in [0.5, 0.6) is 5.75 Å². The number of thiazole rings is 1. The normalized spacial score (nSPS) is 9.95. The summed E-state index contributed by atoms with van der Waals surface area (Å²) in [7, 11) is 1.70. The fourth-order valence-corrected chi connectivity index (χ4v) is 2.35. The molecule has 0 aliphatic carbocycles. The van der Waals surface area contributed by atoms with E-state index >= 15 is 0 Å². The number of aromatic nitrogens is 1. The van der Waals surface area contributed by atoms with Crippen molar-refractivity contribution >= 4 is 17.2 Å². The quantitative estimate of drug-likeness (QED) is 0.850. The number of hydrogen-bond acceptors (Lipinski definition) is 5. The summed E-state index contributed by atoms with van der Waals surface area (Å²) in [5.41, 5.74) is 1.29. The lowest BCUT2D eigenvalue weighted by Crippen LogP contribution is -2.31. The SMILES string of the molecule is Cc1nc(CN(C)C(=O)COc2ccccc2C#N)cs1. The molecule has 21 heavy (non-hydrogen) atoms. The van der Waals surface area contributed by atoms with Crippen LogP contribution in [0.3, 0.4) is 0 Å². The first-order valence-corrected chi connectivity index (χ1v) is 7.25. The van der Waals surface area contributed by atoms with Crippen molar-refractivity contribution in [3.8, 4) is 11.8 Å². The van der Waals surface area contributed by atoms with Gasteiger partial charge in [0.2, 0.25) is 0 Å². The van der Waals surface area contributed by atoms with Crippen LogP contribution in [-0.2, 0) is 11.3 Å². The van der Waals surface area contributed by atoms with Gasteiger partial charge in [-0.15, -0.1) is 11.3 Å². The number of para-hydroxylation sites is 1. The van der Waals surface area contributed by atoms with Gasteiger partial charge in [-0.25, -0.2) is 4.98 Å². The predicted molar refractivity (Wildman–Crippen MR) is 80.0 cm³/mol. The summed E-state index contributed by atoms with van der Waals surface area (Å²) in [4.78, 5) is 17.9. The average Bonchev–Trinajstić information content (AvgIpc) is 2.90. The number of likely N-dealkylation sites (N-methyl/N-ethyl adjacent to an activating group) is 1. The predicted octanol–water partition coefficient (Wildman–Crippen LogP) is 2.36. The Morgan fingerprint density at radius 2 is 2.24 bits per heavy atom. The number of carbonyl (C=O) groups is 1. The van der Waals surface area contributed by atoms with Gasteiger partial charge in [0.15, 0.2) is 6.61 Å². The van der Waals surface area contributed by atoms with Crippen LogP contribution >= 0.6 is 11.3 Å². The topological polar surface area (TPSA) is 66.2 Å². The number of nitriles is 1. The first-order valence-electron chi connectivity index (χ1n) is 6.37. The molecule has 0 atom stereocenters. The lowest BCUT2D eigenvalue weighted by Gasteiger charge is -2.16. The summed E-state index contributed by atoms with van der Waals surface area (Å²) in [5, 5.41) is 11.9. The molecule has 108 valence electrons. The smallest absolute Gasteiger partial charge is 0.260 e. The Bertz CT molecular complexity index is 676. The number of nitrogens with zero attached hydrogens (tertiary/aromatic N) is 3. The van der Waals surface area contributed by atoms with Gasteiger partial charge in [-0.1, -0.05) is 12.1 Å². The molecule has 1 heterocycles. The van der Waals surface area contributed by atoms with E-state index in [9.17, 15) is 4.79 Å². The van der Waals surface area contributed by atoms with Gasteiger partial charge in [0.25, 0.3) is 5.91 Å². The molecule has 0 radical (unpaired) electrons. The summed E-state index contributed by atoms with van der Waals surface area (Å²) in [5.74, 6) is 0.264. The van der Waals surface area contributed by atoms with E-state index in [1.54, 1.807) is 47.5 Å². The maximum atomic E-state index is 12.0. The first-order chi connectivity index (χ1) is 10.1. The van der Waals surface area contributed by atoms with Crippen LogP contribution < -0.4 is 4.74 Å². The van der Waals surface area contributed by atoms with Crippen LogP contribution in [0.1, 0.15) is 16.3 Å². The largest absolute Gasteiger partial charge is 0.482 e. The van der Waals surface area contributed by atoms with Crippen molar-refractivity contribution in [2.75, 3.05) is 13.7 Å². The van der Waals surface area contributed by atoms with E-state index in [0.29, 0.717) is 17.9 Å². The van der Waals surface area contributed by atoms with E-state index in [2.05, 4.69) is 4.98 Å². The molecule has 5 nitrogen and oxygen atoms in total. The molecule has 0 N–H and O–H groups in total. The zero-order valence-corrected chi connectivity index (χ0v) is 12.7. The summed E-state index contributed by atoms with van der Waals surface area (Å²) >= 11 is 1.56. The summed E-state index contributed by atoms with van der Waals surface area (Å²) in [6.07, 6.45) is 0. The fourth-order valence-electron chi connectivity index (χ4n) is 1.75. The highest BCUT2D eigenvalue weighted by atomic mass is 32.1. The number of ether oxygens (including phenoxy) is 1. The van der Waals surface area contributed by atoms with Crippen molar-refractivity contribution in [2.24, 2.45) is 0 Å². The molecule has 6 heteroatoms. The number of carbonyl (C=O) groups excluding carboxylic acids is 1. The molecular formula is C15H15N3O2S. The monoisotopic (exact) mass is 301 g/mol. The molecule has 0 aliphatic heterocycles. The second-order valence-electron chi connectivity index (χ2n) is 4.50. The van der Waals surface area contributed by atoms with E-state index in [4.69, 9.17) is 10.00 Å². The fraction of sp³-hybridized carbons (Fsp3) is 0.267. The van der Waals surface area contributed by atoms with Crippen molar-refractivity contribution in [2.45, 2.75) is 13.5 Å². The minimum absolute atomic E-state index is 0.0989. The Labute approximate surface area is 127 Å². The molecule has 0 fully saturated rings. The van der Waals surface area contributed by atoms with Gasteiger partial charge in [-0.2, -0.15) is 5.26 Å². The molecule has 0 bridgehead atoms. The van der Waals surface area contributed by atoms with Crippen LogP contribution in [0.25, 0.3) is 0 Å². The summed E-state index contributed by atoms with van der Waals surface area (Å²) in [6.45, 7) is 2.28. The zero-order chi connectivity index (χ0) is 15.2. The highest BCUT2D eigenvalue weighted by molar-refractivity contribution is 7.09. The van der Waals surface area contributed by atoms with Crippen molar-refractivity contribution in [3.05, 3.63) is 45.9 Å². The Morgan fingerprint density at radius 3 is 2.90 bits per heavy atom. The van der Waals surface area contributed by atoms with E-state index in [-0.39, 0.29) is 12.5 Å². The highest BCUT2D eigenvalue weighted by Crippen LogP contribution is 2.16. The van der Waals surface area contributed by atoms with Gasteiger partial charge in [0.05, 0.1) is 22.8 Å². The molecule has 0 saturated heterocycles. The van der Waals surface area contributed by atoms with Crippen molar-refractivity contribution < 1.29 is 9.53 Å². The molecule has 0 aliphatic rings. The van der Waals surface area contributed by atoms with E-state index in [0.717, 1.165) is 10.7 Å². The second kappa shape index (κ2) is 6.86. The number of amides is 1. The third-order valence-corrected chi connectivity index (χ3v) is 3.67. The summed E-state index contributed by atoms with van der Waals surface area (Å²) < 4.78 is 5.42. The van der Waals surface area contributed by atoms with Gasteiger partial charge < -0.3 is 9.64 Å². The lowest BCUT2D eigenvalue weighted by atomic mass is 10.2.